The van der Waals surface area contributed by atoms with Gasteiger partial charge in [0.05, 0.1) is 28.8 Å². The molecular formula is C23H24N4O2. The Balaban J connectivity index is 1.55. The number of hydrogen-bond donors (Lipinski definition) is 1. The quantitative estimate of drug-likeness (QED) is 0.747. The first-order chi connectivity index (χ1) is 14.1. The first-order valence-corrected chi connectivity index (χ1v) is 10.2. The summed E-state index contributed by atoms with van der Waals surface area (Å²) >= 11 is 0. The number of hydrogen-bond acceptors (Lipinski definition) is 3. The molecule has 2 atom stereocenters. The number of nitrogens with one attached hydrogen (secondary N) is 1. The van der Waals surface area contributed by atoms with Crippen molar-refractivity contribution in [3.8, 4) is 0 Å². The maximum Gasteiger partial charge on any atom is 0.254 e. The second kappa shape index (κ2) is 6.44. The van der Waals surface area contributed by atoms with E-state index in [1.807, 2.05) is 59.0 Å². The van der Waals surface area contributed by atoms with Gasteiger partial charge in [0.25, 0.3) is 5.91 Å². The number of anilines is 1. The van der Waals surface area contributed by atoms with E-state index in [1.54, 1.807) is 6.33 Å². The van der Waals surface area contributed by atoms with E-state index < -0.39 is 5.41 Å². The molecular weight excluding hydrogens is 364 g/mol. The van der Waals surface area contributed by atoms with E-state index >= 15 is 0 Å². The number of nitrogens with zero attached hydrogens (tertiary/aromatic N) is 3. The summed E-state index contributed by atoms with van der Waals surface area (Å²) in [6, 6.07) is 13.4. The molecule has 2 aliphatic rings. The summed E-state index contributed by atoms with van der Waals surface area (Å²) in [5.41, 5.74) is 3.68. The van der Waals surface area contributed by atoms with Crippen molar-refractivity contribution in [2.45, 2.75) is 37.6 Å². The first-order valence-electron chi connectivity index (χ1n) is 10.2. The molecule has 2 amide bonds. The molecule has 1 aromatic heterocycles. The summed E-state index contributed by atoms with van der Waals surface area (Å²) in [5, 5.41) is 3.06. The van der Waals surface area contributed by atoms with Crippen LogP contribution in [0, 0.1) is 0 Å². The van der Waals surface area contributed by atoms with Gasteiger partial charge in [0.15, 0.2) is 0 Å². The molecule has 1 spiro atoms. The highest BCUT2D eigenvalue weighted by Gasteiger charge is 2.58. The molecule has 1 N–H and O–H groups in total. The number of carbonyl (C=O) groups excluding carboxylic acids is 2. The number of para-hydroxylation sites is 1. The van der Waals surface area contributed by atoms with Crippen LogP contribution in [0.4, 0.5) is 5.69 Å². The lowest BCUT2D eigenvalue weighted by atomic mass is 9.73. The molecule has 2 aromatic carbocycles. The second-order valence-electron chi connectivity index (χ2n) is 8.08. The van der Waals surface area contributed by atoms with Crippen molar-refractivity contribution in [3.05, 3.63) is 59.9 Å². The third-order valence-corrected chi connectivity index (χ3v) is 6.55. The molecule has 0 aliphatic carbocycles. The molecule has 5 rings (SSSR count). The molecule has 29 heavy (non-hydrogen) atoms. The Morgan fingerprint density at radius 3 is 2.93 bits per heavy atom. The highest BCUT2D eigenvalue weighted by Crippen LogP contribution is 2.49. The maximum absolute atomic E-state index is 13.5. The van der Waals surface area contributed by atoms with Crippen LogP contribution >= 0.6 is 0 Å². The number of carbonyl (C=O) groups is 2. The molecule has 6 nitrogen and oxygen atoms in total. The molecule has 1 fully saturated rings. The van der Waals surface area contributed by atoms with Crippen molar-refractivity contribution in [2.24, 2.45) is 7.05 Å². The third kappa shape index (κ3) is 2.44. The van der Waals surface area contributed by atoms with Gasteiger partial charge < -0.3 is 14.8 Å². The molecule has 148 valence electrons. The van der Waals surface area contributed by atoms with Gasteiger partial charge in [-0.3, -0.25) is 9.59 Å². The molecule has 2 aliphatic heterocycles. The van der Waals surface area contributed by atoms with E-state index in [0.29, 0.717) is 18.5 Å². The number of imidazole rings is 1. The third-order valence-electron chi connectivity index (χ3n) is 6.55. The number of benzene rings is 2. The van der Waals surface area contributed by atoms with E-state index in [-0.39, 0.29) is 17.9 Å². The Labute approximate surface area is 169 Å². The summed E-state index contributed by atoms with van der Waals surface area (Å²) in [6.07, 6.45) is 4.10. The zero-order valence-corrected chi connectivity index (χ0v) is 16.7. The highest BCUT2D eigenvalue weighted by molar-refractivity contribution is 6.08. The van der Waals surface area contributed by atoms with Gasteiger partial charge in [0.2, 0.25) is 5.91 Å². The van der Waals surface area contributed by atoms with Crippen molar-refractivity contribution >= 4 is 28.5 Å². The summed E-state index contributed by atoms with van der Waals surface area (Å²) < 4.78 is 1.94. The van der Waals surface area contributed by atoms with Crippen LogP contribution in [0.3, 0.4) is 0 Å². The number of likely N-dealkylation sites (tertiary alicyclic amines) is 1. The van der Waals surface area contributed by atoms with E-state index in [0.717, 1.165) is 35.1 Å². The average molecular weight is 388 g/mol. The van der Waals surface area contributed by atoms with Crippen molar-refractivity contribution in [3.63, 3.8) is 0 Å². The van der Waals surface area contributed by atoms with Crippen LogP contribution in [-0.4, -0.2) is 38.9 Å². The van der Waals surface area contributed by atoms with Crippen LogP contribution in [0.15, 0.2) is 48.8 Å². The number of aromatic nitrogens is 2. The van der Waals surface area contributed by atoms with Crippen molar-refractivity contribution in [1.82, 2.24) is 14.5 Å². The lowest BCUT2D eigenvalue weighted by Gasteiger charge is -2.34. The molecule has 6 heteroatoms. The van der Waals surface area contributed by atoms with E-state index in [4.69, 9.17) is 0 Å². The molecule has 3 heterocycles. The minimum Gasteiger partial charge on any atom is -0.334 e. The van der Waals surface area contributed by atoms with Gasteiger partial charge in [0.1, 0.15) is 0 Å². The molecule has 3 aromatic rings. The smallest absolute Gasteiger partial charge is 0.254 e. The fourth-order valence-corrected chi connectivity index (χ4v) is 5.16. The number of aryl methyl sites for hydroxylation is 1. The zero-order valence-electron chi connectivity index (χ0n) is 16.7. The summed E-state index contributed by atoms with van der Waals surface area (Å²) in [4.78, 5) is 33.0. The minimum absolute atomic E-state index is 0.0210. The standard InChI is InChI=1S/C23H24N4O2/c1-3-6-20-23(16-7-4-5-8-17(16)25-22(23)29)11-12-27(20)21(28)15-9-10-19-18(13-15)24-14-26(19)2/h4-5,7-10,13-14,20H,3,6,11-12H2,1-2H3,(H,25,29)/t20-,23-/m0/s1. The number of rotatable bonds is 3. The van der Waals surface area contributed by atoms with Gasteiger partial charge >= 0.3 is 0 Å². The van der Waals surface area contributed by atoms with Crippen molar-refractivity contribution in [1.29, 1.82) is 0 Å². The molecule has 0 radical (unpaired) electrons. The Kier molecular flexibility index (Phi) is 3.98. The van der Waals surface area contributed by atoms with Crippen molar-refractivity contribution in [2.75, 3.05) is 11.9 Å². The van der Waals surface area contributed by atoms with Gasteiger partial charge in [-0.15, -0.1) is 0 Å². The van der Waals surface area contributed by atoms with Crippen LogP contribution in [0.5, 0.6) is 0 Å². The van der Waals surface area contributed by atoms with Crippen LogP contribution in [0.2, 0.25) is 0 Å². The van der Waals surface area contributed by atoms with Gasteiger partial charge in [-0.05, 0) is 42.7 Å². The zero-order chi connectivity index (χ0) is 20.2. The summed E-state index contributed by atoms with van der Waals surface area (Å²) in [5.74, 6) is -0.00214. The maximum atomic E-state index is 13.5. The predicted molar refractivity (Wildman–Crippen MR) is 112 cm³/mol. The lowest BCUT2D eigenvalue weighted by molar-refractivity contribution is -0.121. The van der Waals surface area contributed by atoms with E-state index in [2.05, 4.69) is 17.2 Å². The fraction of sp³-hybridized carbons (Fsp3) is 0.348. The first kappa shape index (κ1) is 17.9. The Morgan fingerprint density at radius 1 is 1.28 bits per heavy atom. The predicted octanol–water partition coefficient (Wildman–Crippen LogP) is 3.48. The Morgan fingerprint density at radius 2 is 2.10 bits per heavy atom. The van der Waals surface area contributed by atoms with E-state index in [1.165, 1.54) is 0 Å². The highest BCUT2D eigenvalue weighted by atomic mass is 16.2. The topological polar surface area (TPSA) is 67.2 Å². The van der Waals surface area contributed by atoms with Crippen LogP contribution < -0.4 is 5.32 Å². The van der Waals surface area contributed by atoms with Crippen LogP contribution in [-0.2, 0) is 17.3 Å². The fourth-order valence-electron chi connectivity index (χ4n) is 5.16. The van der Waals surface area contributed by atoms with Gasteiger partial charge in [-0.2, -0.15) is 0 Å². The van der Waals surface area contributed by atoms with E-state index in [9.17, 15) is 9.59 Å². The number of fused-ring (bicyclic) bond motifs is 3. The molecule has 0 bridgehead atoms. The largest absolute Gasteiger partial charge is 0.334 e. The average Bonchev–Trinajstić information content (AvgIpc) is 3.38. The molecule has 0 unspecified atom stereocenters. The van der Waals surface area contributed by atoms with Gasteiger partial charge in [-0.1, -0.05) is 31.5 Å². The van der Waals surface area contributed by atoms with Crippen molar-refractivity contribution < 1.29 is 9.59 Å². The summed E-state index contributed by atoms with van der Waals surface area (Å²) in [6.45, 7) is 2.68. The Bertz CT molecular complexity index is 1130. The molecule has 0 saturated carbocycles. The normalized spacial score (nSPS) is 23.0. The van der Waals surface area contributed by atoms with Crippen LogP contribution in [0.25, 0.3) is 11.0 Å². The Hall–Kier alpha value is -3.15. The number of amides is 2. The summed E-state index contributed by atoms with van der Waals surface area (Å²) in [7, 11) is 1.94. The minimum atomic E-state index is -0.655. The van der Waals surface area contributed by atoms with Gasteiger partial charge in [-0.25, -0.2) is 4.98 Å². The lowest BCUT2D eigenvalue weighted by Crippen LogP contribution is -2.48. The monoisotopic (exact) mass is 388 g/mol. The van der Waals surface area contributed by atoms with Crippen LogP contribution in [0.1, 0.15) is 42.1 Å². The van der Waals surface area contributed by atoms with Gasteiger partial charge in [0, 0.05) is 24.8 Å². The molecule has 1 saturated heterocycles. The second-order valence-corrected chi connectivity index (χ2v) is 8.08. The SMILES string of the molecule is CCC[C@@H]1N(C(=O)c2ccc3c(c2)ncn3C)CC[C@@]12C(=O)Nc1ccccc12.